The van der Waals surface area contributed by atoms with Crippen molar-refractivity contribution >= 4 is 0 Å². The molecule has 1 saturated carbocycles. The molecule has 0 spiro atoms. The first-order valence-electron chi connectivity index (χ1n) is 7.18. The molecule has 5 heteroatoms. The number of hydrogen-bond acceptors (Lipinski definition) is 5. The summed E-state index contributed by atoms with van der Waals surface area (Å²) in [6, 6.07) is 3.80. The largest absolute Gasteiger partial charge is 0.338 e. The molecule has 20 heavy (non-hydrogen) atoms. The molecular formula is C15H20N4O. The third-order valence-corrected chi connectivity index (χ3v) is 4.42. The summed E-state index contributed by atoms with van der Waals surface area (Å²) >= 11 is 0. The Kier molecular flexibility index (Phi) is 3.53. The number of hydrogen-bond donors (Lipinski definition) is 1. The van der Waals surface area contributed by atoms with Crippen molar-refractivity contribution in [3.05, 3.63) is 30.4 Å². The van der Waals surface area contributed by atoms with Crippen LogP contribution in [0.5, 0.6) is 0 Å². The van der Waals surface area contributed by atoms with Crippen molar-refractivity contribution in [1.82, 2.24) is 15.1 Å². The lowest BCUT2D eigenvalue weighted by molar-refractivity contribution is 0.191. The molecule has 3 rings (SSSR count). The summed E-state index contributed by atoms with van der Waals surface area (Å²) in [5.74, 6) is 2.04. The highest BCUT2D eigenvalue weighted by Crippen LogP contribution is 2.40. The molecule has 0 aliphatic heterocycles. The molecular weight excluding hydrogens is 252 g/mol. The normalized spacial score (nSPS) is 26.6. The Morgan fingerprint density at radius 1 is 1.40 bits per heavy atom. The Labute approximate surface area is 118 Å². The first-order chi connectivity index (χ1) is 9.73. The van der Waals surface area contributed by atoms with E-state index in [2.05, 4.69) is 22.0 Å². The van der Waals surface area contributed by atoms with Crippen LogP contribution in [0.2, 0.25) is 0 Å². The topological polar surface area (TPSA) is 77.8 Å². The number of nitrogens with two attached hydrogens (primary N) is 1. The quantitative estimate of drug-likeness (QED) is 0.929. The molecule has 0 bridgehead atoms. The monoisotopic (exact) mass is 272 g/mol. The molecule has 0 atom stereocenters. The molecule has 1 aliphatic carbocycles. The maximum Gasteiger partial charge on any atom is 0.234 e. The number of aromatic nitrogens is 3. The van der Waals surface area contributed by atoms with Crippen LogP contribution in [-0.4, -0.2) is 21.7 Å². The molecule has 0 saturated heterocycles. The van der Waals surface area contributed by atoms with Crippen LogP contribution in [0, 0.1) is 5.92 Å². The molecule has 0 radical (unpaired) electrons. The van der Waals surface area contributed by atoms with Crippen molar-refractivity contribution in [2.45, 2.75) is 38.0 Å². The Balaban J connectivity index is 1.89. The predicted octanol–water partition coefficient (Wildman–Crippen LogP) is 2.54. The first kappa shape index (κ1) is 13.2. The average Bonchev–Trinajstić information content (AvgIpc) is 3.00. The van der Waals surface area contributed by atoms with Gasteiger partial charge in [0.15, 0.2) is 0 Å². The van der Waals surface area contributed by atoms with E-state index in [4.69, 9.17) is 10.3 Å². The second-order valence-electron chi connectivity index (χ2n) is 5.83. The van der Waals surface area contributed by atoms with Crippen LogP contribution in [0.4, 0.5) is 0 Å². The maximum atomic E-state index is 6.02. The van der Waals surface area contributed by atoms with Crippen LogP contribution in [0.3, 0.4) is 0 Å². The van der Waals surface area contributed by atoms with Crippen molar-refractivity contribution in [2.75, 3.05) is 6.54 Å². The molecule has 0 aromatic carbocycles. The molecule has 106 valence electrons. The van der Waals surface area contributed by atoms with Crippen molar-refractivity contribution in [1.29, 1.82) is 0 Å². The number of nitrogens with zero attached hydrogens (tertiary/aromatic N) is 3. The second-order valence-corrected chi connectivity index (χ2v) is 5.83. The van der Waals surface area contributed by atoms with Gasteiger partial charge in [0, 0.05) is 24.5 Å². The first-order valence-corrected chi connectivity index (χ1v) is 7.18. The van der Waals surface area contributed by atoms with Crippen molar-refractivity contribution in [2.24, 2.45) is 11.7 Å². The maximum absolute atomic E-state index is 6.02. The van der Waals surface area contributed by atoms with E-state index >= 15 is 0 Å². The van der Waals surface area contributed by atoms with Gasteiger partial charge in [0.05, 0.1) is 5.41 Å². The Morgan fingerprint density at radius 3 is 2.85 bits per heavy atom. The lowest BCUT2D eigenvalue weighted by Crippen LogP contribution is -2.39. The van der Waals surface area contributed by atoms with E-state index in [1.807, 2.05) is 12.1 Å². The Bertz CT molecular complexity index is 558. The molecule has 2 aromatic heterocycles. The van der Waals surface area contributed by atoms with E-state index in [0.717, 1.165) is 24.3 Å². The minimum atomic E-state index is -0.139. The van der Waals surface area contributed by atoms with E-state index in [9.17, 15) is 0 Å². The summed E-state index contributed by atoms with van der Waals surface area (Å²) in [7, 11) is 0. The fourth-order valence-corrected chi connectivity index (χ4v) is 2.87. The Morgan fingerprint density at radius 2 is 2.20 bits per heavy atom. The summed E-state index contributed by atoms with van der Waals surface area (Å²) in [5.41, 5.74) is 6.76. The van der Waals surface area contributed by atoms with Gasteiger partial charge in [0.2, 0.25) is 11.7 Å². The minimum absolute atomic E-state index is 0.139. The van der Waals surface area contributed by atoms with E-state index in [1.54, 1.807) is 12.4 Å². The van der Waals surface area contributed by atoms with Gasteiger partial charge in [0.25, 0.3) is 0 Å². The zero-order valence-electron chi connectivity index (χ0n) is 11.7. The summed E-state index contributed by atoms with van der Waals surface area (Å²) in [6.45, 7) is 2.85. The fraction of sp³-hybridized carbons (Fsp3) is 0.533. The van der Waals surface area contributed by atoms with Gasteiger partial charge in [-0.1, -0.05) is 12.1 Å². The van der Waals surface area contributed by atoms with Crippen LogP contribution < -0.4 is 5.73 Å². The van der Waals surface area contributed by atoms with Crippen molar-refractivity contribution < 1.29 is 4.52 Å². The highest BCUT2D eigenvalue weighted by atomic mass is 16.5. The van der Waals surface area contributed by atoms with Crippen LogP contribution in [0.15, 0.2) is 29.0 Å². The summed E-state index contributed by atoms with van der Waals surface area (Å²) in [4.78, 5) is 8.66. The van der Waals surface area contributed by atoms with Gasteiger partial charge in [-0.15, -0.1) is 0 Å². The molecule has 0 amide bonds. The van der Waals surface area contributed by atoms with Gasteiger partial charge in [-0.2, -0.15) is 4.98 Å². The second kappa shape index (κ2) is 5.32. The molecule has 1 fully saturated rings. The summed E-state index contributed by atoms with van der Waals surface area (Å²) in [5, 5.41) is 4.09. The SMILES string of the molecule is CC1CCC(CN)(c2nc(-c3cccnc3)no2)CC1. The third kappa shape index (κ3) is 2.33. The van der Waals surface area contributed by atoms with Crippen LogP contribution in [-0.2, 0) is 5.41 Å². The predicted molar refractivity (Wildman–Crippen MR) is 75.9 cm³/mol. The highest BCUT2D eigenvalue weighted by Gasteiger charge is 2.39. The summed E-state index contributed by atoms with van der Waals surface area (Å²) < 4.78 is 5.52. The lowest BCUT2D eigenvalue weighted by atomic mass is 9.71. The lowest BCUT2D eigenvalue weighted by Gasteiger charge is -2.35. The molecule has 2 aromatic rings. The van der Waals surface area contributed by atoms with Gasteiger partial charge in [-0.05, 0) is 43.7 Å². The van der Waals surface area contributed by atoms with Crippen molar-refractivity contribution in [3.63, 3.8) is 0 Å². The standard InChI is InChI=1S/C15H20N4O/c1-11-4-6-15(10-16,7-5-11)14-18-13(19-20-14)12-3-2-8-17-9-12/h2-3,8-9,11H,4-7,10,16H2,1H3. The number of rotatable bonds is 3. The van der Waals surface area contributed by atoms with E-state index in [0.29, 0.717) is 18.3 Å². The van der Waals surface area contributed by atoms with E-state index in [1.165, 1.54) is 12.8 Å². The van der Waals surface area contributed by atoms with Crippen LogP contribution in [0.1, 0.15) is 38.5 Å². The van der Waals surface area contributed by atoms with Crippen LogP contribution >= 0.6 is 0 Å². The van der Waals surface area contributed by atoms with Gasteiger partial charge >= 0.3 is 0 Å². The van der Waals surface area contributed by atoms with Crippen LogP contribution in [0.25, 0.3) is 11.4 Å². The van der Waals surface area contributed by atoms with Gasteiger partial charge < -0.3 is 10.3 Å². The third-order valence-electron chi connectivity index (χ3n) is 4.42. The molecule has 2 N–H and O–H groups in total. The van der Waals surface area contributed by atoms with E-state index < -0.39 is 0 Å². The zero-order valence-corrected chi connectivity index (χ0v) is 11.7. The highest BCUT2D eigenvalue weighted by molar-refractivity contribution is 5.52. The molecule has 1 aliphatic rings. The molecule has 2 heterocycles. The van der Waals surface area contributed by atoms with Gasteiger partial charge in [-0.3, -0.25) is 4.98 Å². The van der Waals surface area contributed by atoms with Gasteiger partial charge in [0.1, 0.15) is 0 Å². The smallest absolute Gasteiger partial charge is 0.234 e. The zero-order chi connectivity index (χ0) is 14.0. The average molecular weight is 272 g/mol. The summed E-state index contributed by atoms with van der Waals surface area (Å²) in [6.07, 6.45) is 7.86. The molecule has 0 unspecified atom stereocenters. The Hall–Kier alpha value is -1.75. The fourth-order valence-electron chi connectivity index (χ4n) is 2.87. The van der Waals surface area contributed by atoms with Gasteiger partial charge in [-0.25, -0.2) is 0 Å². The molecule has 5 nitrogen and oxygen atoms in total. The van der Waals surface area contributed by atoms with Crippen molar-refractivity contribution in [3.8, 4) is 11.4 Å². The van der Waals surface area contributed by atoms with E-state index in [-0.39, 0.29) is 5.41 Å². The number of pyridine rings is 1. The minimum Gasteiger partial charge on any atom is -0.338 e.